The van der Waals surface area contributed by atoms with Crippen LogP contribution < -0.4 is 5.73 Å². The molecule has 1 heterocycles. The van der Waals surface area contributed by atoms with Crippen LogP contribution in [-0.4, -0.2) is 54.5 Å². The van der Waals surface area contributed by atoms with Gasteiger partial charge in [-0.05, 0) is 20.9 Å². The molecule has 1 aliphatic rings. The van der Waals surface area contributed by atoms with Crippen molar-refractivity contribution in [1.82, 2.24) is 9.80 Å². The van der Waals surface area contributed by atoms with Gasteiger partial charge in [0, 0.05) is 38.1 Å². The molecule has 1 rings (SSSR count). The van der Waals surface area contributed by atoms with Crippen LogP contribution >= 0.6 is 0 Å². The lowest BCUT2D eigenvalue weighted by Crippen LogP contribution is -2.55. The third-order valence-electron chi connectivity index (χ3n) is 3.11. The molecule has 0 aromatic carbocycles. The predicted molar refractivity (Wildman–Crippen MR) is 56.9 cm³/mol. The van der Waals surface area contributed by atoms with Crippen molar-refractivity contribution in [3.8, 4) is 0 Å². The van der Waals surface area contributed by atoms with Gasteiger partial charge in [0.1, 0.15) is 0 Å². The maximum absolute atomic E-state index is 10.7. The maximum atomic E-state index is 10.7. The van der Waals surface area contributed by atoms with Crippen molar-refractivity contribution in [2.75, 3.05) is 26.7 Å². The molecule has 0 saturated carbocycles. The van der Waals surface area contributed by atoms with Crippen molar-refractivity contribution < 1.29 is 4.79 Å². The monoisotopic (exact) mass is 199 g/mol. The zero-order valence-electron chi connectivity index (χ0n) is 9.36. The lowest BCUT2D eigenvalue weighted by molar-refractivity contribution is -0.118. The molecular weight excluding hydrogens is 178 g/mol. The van der Waals surface area contributed by atoms with Gasteiger partial charge < -0.3 is 5.73 Å². The van der Waals surface area contributed by atoms with E-state index in [2.05, 4.69) is 30.7 Å². The van der Waals surface area contributed by atoms with E-state index in [1.165, 1.54) is 0 Å². The highest BCUT2D eigenvalue weighted by Gasteiger charge is 2.25. The van der Waals surface area contributed by atoms with Crippen LogP contribution in [0.15, 0.2) is 0 Å². The van der Waals surface area contributed by atoms with E-state index in [4.69, 9.17) is 5.73 Å². The summed E-state index contributed by atoms with van der Waals surface area (Å²) in [7, 11) is 2.15. The van der Waals surface area contributed by atoms with Gasteiger partial charge in [0.25, 0.3) is 0 Å². The predicted octanol–water partition coefficient (Wildman–Crippen LogP) is -0.114. The second-order valence-corrected chi connectivity index (χ2v) is 4.34. The van der Waals surface area contributed by atoms with Crippen molar-refractivity contribution in [3.05, 3.63) is 0 Å². The number of rotatable bonds is 3. The number of hydrogen-bond acceptors (Lipinski definition) is 3. The SMILES string of the molecule is CC1CN(CCC(N)=O)CC(C)N1C. The number of carbonyl (C=O) groups is 1. The molecule has 0 radical (unpaired) electrons. The van der Waals surface area contributed by atoms with Gasteiger partial charge in [-0.2, -0.15) is 0 Å². The van der Waals surface area contributed by atoms with Gasteiger partial charge in [-0.15, -0.1) is 0 Å². The molecule has 1 saturated heterocycles. The van der Waals surface area contributed by atoms with Gasteiger partial charge in [0.05, 0.1) is 0 Å². The molecule has 0 aliphatic carbocycles. The van der Waals surface area contributed by atoms with E-state index in [0.29, 0.717) is 18.5 Å². The molecule has 14 heavy (non-hydrogen) atoms. The van der Waals surface area contributed by atoms with Crippen LogP contribution in [0.5, 0.6) is 0 Å². The number of hydrogen-bond donors (Lipinski definition) is 1. The molecule has 0 aromatic heterocycles. The standard InChI is InChI=1S/C10H21N3O/c1-8-6-13(5-4-10(11)14)7-9(2)12(8)3/h8-9H,4-7H2,1-3H3,(H2,11,14). The van der Waals surface area contributed by atoms with E-state index in [1.807, 2.05) is 0 Å². The summed E-state index contributed by atoms with van der Waals surface area (Å²) < 4.78 is 0. The van der Waals surface area contributed by atoms with Crippen LogP contribution in [0.25, 0.3) is 0 Å². The van der Waals surface area contributed by atoms with E-state index in [0.717, 1.165) is 19.6 Å². The summed E-state index contributed by atoms with van der Waals surface area (Å²) in [5.41, 5.74) is 5.13. The number of nitrogens with zero attached hydrogens (tertiary/aromatic N) is 2. The Balaban J connectivity index is 2.38. The summed E-state index contributed by atoms with van der Waals surface area (Å²) in [5.74, 6) is -0.204. The first-order valence-corrected chi connectivity index (χ1v) is 5.23. The maximum Gasteiger partial charge on any atom is 0.218 e. The molecule has 4 heteroatoms. The molecule has 2 N–H and O–H groups in total. The van der Waals surface area contributed by atoms with Gasteiger partial charge >= 0.3 is 0 Å². The number of primary amides is 1. The molecule has 4 nitrogen and oxygen atoms in total. The Morgan fingerprint density at radius 1 is 1.36 bits per heavy atom. The Hall–Kier alpha value is -0.610. The van der Waals surface area contributed by atoms with Crippen molar-refractivity contribution >= 4 is 5.91 Å². The zero-order valence-corrected chi connectivity index (χ0v) is 9.36. The molecule has 0 spiro atoms. The Bertz CT molecular complexity index is 196. The molecule has 1 aliphatic heterocycles. The summed E-state index contributed by atoms with van der Waals surface area (Å²) in [6, 6.07) is 1.12. The summed E-state index contributed by atoms with van der Waals surface area (Å²) in [5, 5.41) is 0. The number of carbonyl (C=O) groups excluding carboxylic acids is 1. The first-order chi connectivity index (χ1) is 6.50. The molecule has 2 atom stereocenters. The van der Waals surface area contributed by atoms with E-state index in [1.54, 1.807) is 0 Å². The Morgan fingerprint density at radius 2 is 1.86 bits per heavy atom. The summed E-state index contributed by atoms with van der Waals surface area (Å²) in [6.45, 7) is 7.31. The third-order valence-corrected chi connectivity index (χ3v) is 3.11. The minimum Gasteiger partial charge on any atom is -0.370 e. The quantitative estimate of drug-likeness (QED) is 0.690. The summed E-state index contributed by atoms with van der Waals surface area (Å²) >= 11 is 0. The van der Waals surface area contributed by atoms with Gasteiger partial charge in [-0.25, -0.2) is 0 Å². The van der Waals surface area contributed by atoms with E-state index in [-0.39, 0.29) is 5.91 Å². The van der Waals surface area contributed by atoms with Crippen molar-refractivity contribution in [2.45, 2.75) is 32.4 Å². The van der Waals surface area contributed by atoms with Crippen LogP contribution in [0.1, 0.15) is 20.3 Å². The van der Waals surface area contributed by atoms with Crippen molar-refractivity contribution in [3.63, 3.8) is 0 Å². The average Bonchev–Trinajstić information content (AvgIpc) is 2.10. The normalized spacial score (nSPS) is 30.5. The van der Waals surface area contributed by atoms with Gasteiger partial charge in [-0.3, -0.25) is 14.6 Å². The largest absolute Gasteiger partial charge is 0.370 e. The first-order valence-electron chi connectivity index (χ1n) is 5.23. The van der Waals surface area contributed by atoms with Crippen LogP contribution in [0.2, 0.25) is 0 Å². The van der Waals surface area contributed by atoms with Crippen molar-refractivity contribution in [1.29, 1.82) is 0 Å². The fourth-order valence-electron chi connectivity index (χ4n) is 1.96. The second-order valence-electron chi connectivity index (χ2n) is 4.34. The average molecular weight is 199 g/mol. The molecule has 0 bridgehead atoms. The van der Waals surface area contributed by atoms with Crippen LogP contribution in [0.3, 0.4) is 0 Å². The molecule has 82 valence electrons. The summed E-state index contributed by atoms with van der Waals surface area (Å²) in [6.07, 6.45) is 0.475. The Labute approximate surface area is 86.0 Å². The van der Waals surface area contributed by atoms with Gasteiger partial charge in [-0.1, -0.05) is 0 Å². The van der Waals surface area contributed by atoms with E-state index >= 15 is 0 Å². The van der Waals surface area contributed by atoms with Crippen molar-refractivity contribution in [2.24, 2.45) is 5.73 Å². The number of piperazine rings is 1. The Morgan fingerprint density at radius 3 is 2.29 bits per heavy atom. The lowest BCUT2D eigenvalue weighted by Gasteiger charge is -2.42. The number of amides is 1. The molecule has 1 amide bonds. The van der Waals surface area contributed by atoms with Crippen LogP contribution in [0, 0.1) is 0 Å². The number of nitrogens with two attached hydrogens (primary N) is 1. The minimum absolute atomic E-state index is 0.204. The van der Waals surface area contributed by atoms with Gasteiger partial charge in [0.2, 0.25) is 5.91 Å². The van der Waals surface area contributed by atoms with Crippen LogP contribution in [0.4, 0.5) is 0 Å². The molecule has 2 unspecified atom stereocenters. The molecular formula is C10H21N3O. The van der Waals surface area contributed by atoms with Crippen LogP contribution in [-0.2, 0) is 4.79 Å². The highest BCUT2D eigenvalue weighted by Crippen LogP contribution is 2.12. The highest BCUT2D eigenvalue weighted by molar-refractivity contribution is 5.73. The van der Waals surface area contributed by atoms with E-state index < -0.39 is 0 Å². The van der Waals surface area contributed by atoms with E-state index in [9.17, 15) is 4.79 Å². The van der Waals surface area contributed by atoms with Gasteiger partial charge in [0.15, 0.2) is 0 Å². The fourth-order valence-corrected chi connectivity index (χ4v) is 1.96. The summed E-state index contributed by atoms with van der Waals surface area (Å²) in [4.78, 5) is 15.3. The molecule has 1 fully saturated rings. The second kappa shape index (κ2) is 4.75. The number of likely N-dealkylation sites (N-methyl/N-ethyl adjacent to an activating group) is 1. The first kappa shape index (κ1) is 11.5. The third kappa shape index (κ3) is 2.96. The highest BCUT2D eigenvalue weighted by atomic mass is 16.1. The smallest absolute Gasteiger partial charge is 0.218 e. The minimum atomic E-state index is -0.204. The topological polar surface area (TPSA) is 49.6 Å². The fraction of sp³-hybridized carbons (Fsp3) is 0.900. The Kier molecular flexibility index (Phi) is 3.89. The molecule has 0 aromatic rings. The zero-order chi connectivity index (χ0) is 10.7. The lowest BCUT2D eigenvalue weighted by atomic mass is 10.1.